The zero-order chi connectivity index (χ0) is 13.7. The molecule has 19 heavy (non-hydrogen) atoms. The van der Waals surface area contributed by atoms with Gasteiger partial charge in [0.25, 0.3) is 0 Å². The predicted octanol–water partition coefficient (Wildman–Crippen LogP) is 2.87. The summed E-state index contributed by atoms with van der Waals surface area (Å²) in [7, 11) is 1.44. The van der Waals surface area contributed by atoms with Crippen molar-refractivity contribution in [2.45, 2.75) is 13.2 Å². The van der Waals surface area contributed by atoms with Crippen LogP contribution < -0.4 is 15.2 Å². The second kappa shape index (κ2) is 6.20. The van der Waals surface area contributed by atoms with Crippen LogP contribution in [0.15, 0.2) is 42.5 Å². The Balaban J connectivity index is 2.15. The third kappa shape index (κ3) is 3.03. The van der Waals surface area contributed by atoms with E-state index < -0.39 is 5.82 Å². The molecule has 0 aromatic heterocycles. The minimum absolute atomic E-state index is 0.139. The van der Waals surface area contributed by atoms with Gasteiger partial charge < -0.3 is 15.2 Å². The molecule has 3 nitrogen and oxygen atoms in total. The lowest BCUT2D eigenvalue weighted by molar-refractivity contribution is 0.293. The largest absolute Gasteiger partial charge is 0.494 e. The average Bonchev–Trinajstić information content (AvgIpc) is 2.46. The molecular formula is C15H16FNO2. The van der Waals surface area contributed by atoms with Gasteiger partial charge in [-0.05, 0) is 12.1 Å². The van der Waals surface area contributed by atoms with E-state index >= 15 is 0 Å². The summed E-state index contributed by atoms with van der Waals surface area (Å²) in [6, 6.07) is 12.4. The van der Waals surface area contributed by atoms with Crippen molar-refractivity contribution in [3.8, 4) is 11.5 Å². The quantitative estimate of drug-likeness (QED) is 0.900. The van der Waals surface area contributed by atoms with Gasteiger partial charge in [0.2, 0.25) is 0 Å². The molecule has 0 saturated carbocycles. The highest BCUT2D eigenvalue weighted by atomic mass is 19.1. The first kappa shape index (κ1) is 13.4. The first-order valence-corrected chi connectivity index (χ1v) is 5.98. The van der Waals surface area contributed by atoms with Crippen molar-refractivity contribution in [2.24, 2.45) is 5.73 Å². The Hall–Kier alpha value is -2.07. The van der Waals surface area contributed by atoms with E-state index in [1.807, 2.05) is 24.3 Å². The summed E-state index contributed by atoms with van der Waals surface area (Å²) in [4.78, 5) is 0. The van der Waals surface area contributed by atoms with Crippen LogP contribution in [0.5, 0.6) is 11.5 Å². The first-order valence-electron chi connectivity index (χ1n) is 5.98. The van der Waals surface area contributed by atoms with E-state index in [1.165, 1.54) is 7.11 Å². The molecule has 100 valence electrons. The smallest absolute Gasteiger partial charge is 0.171 e. The molecule has 0 atom stereocenters. The maximum absolute atomic E-state index is 13.9. The molecule has 0 heterocycles. The minimum Gasteiger partial charge on any atom is -0.494 e. The van der Waals surface area contributed by atoms with E-state index in [-0.39, 0.29) is 12.4 Å². The molecule has 0 saturated heterocycles. The molecule has 0 spiro atoms. The maximum Gasteiger partial charge on any atom is 0.171 e. The summed E-state index contributed by atoms with van der Waals surface area (Å²) in [6.07, 6.45) is 0. The summed E-state index contributed by atoms with van der Waals surface area (Å²) >= 11 is 0. The summed E-state index contributed by atoms with van der Waals surface area (Å²) in [5.74, 6) is 0.496. The lowest BCUT2D eigenvalue weighted by Crippen LogP contribution is -2.04. The topological polar surface area (TPSA) is 44.5 Å². The molecule has 0 amide bonds. The van der Waals surface area contributed by atoms with E-state index in [9.17, 15) is 4.39 Å². The van der Waals surface area contributed by atoms with Gasteiger partial charge in [-0.3, -0.25) is 0 Å². The summed E-state index contributed by atoms with van der Waals surface area (Å²) in [5, 5.41) is 0. The standard InChI is InChI=1S/C15H16FNO2/c1-18-14-8-4-6-12(15(14)16)10-19-13-7-3-2-5-11(13)9-17/h2-8H,9-10,17H2,1H3. The van der Waals surface area contributed by atoms with Gasteiger partial charge in [-0.15, -0.1) is 0 Å². The van der Waals surface area contributed by atoms with Gasteiger partial charge in [0.1, 0.15) is 12.4 Å². The third-order valence-corrected chi connectivity index (χ3v) is 2.84. The van der Waals surface area contributed by atoms with E-state index in [1.54, 1.807) is 18.2 Å². The molecule has 0 bridgehead atoms. The molecule has 0 unspecified atom stereocenters. The van der Waals surface area contributed by atoms with Gasteiger partial charge in [0, 0.05) is 17.7 Å². The van der Waals surface area contributed by atoms with Gasteiger partial charge in [-0.1, -0.05) is 30.3 Å². The Labute approximate surface area is 111 Å². The highest BCUT2D eigenvalue weighted by molar-refractivity contribution is 5.34. The second-order valence-electron chi connectivity index (χ2n) is 4.03. The normalized spacial score (nSPS) is 10.3. The number of hydrogen-bond donors (Lipinski definition) is 1. The van der Waals surface area contributed by atoms with Crippen LogP contribution in [0, 0.1) is 5.82 Å². The van der Waals surface area contributed by atoms with E-state index in [0.29, 0.717) is 17.9 Å². The lowest BCUT2D eigenvalue weighted by atomic mass is 10.2. The van der Waals surface area contributed by atoms with Gasteiger partial charge in [-0.2, -0.15) is 0 Å². The van der Waals surface area contributed by atoms with Crippen molar-refractivity contribution in [1.82, 2.24) is 0 Å². The zero-order valence-electron chi connectivity index (χ0n) is 10.7. The van der Waals surface area contributed by atoms with Crippen LogP contribution in [0.25, 0.3) is 0 Å². The molecule has 0 aliphatic carbocycles. The molecule has 4 heteroatoms. The Morgan fingerprint density at radius 1 is 1.00 bits per heavy atom. The van der Waals surface area contributed by atoms with Crippen LogP contribution in [0.4, 0.5) is 4.39 Å². The number of methoxy groups -OCH3 is 1. The highest BCUT2D eigenvalue weighted by Gasteiger charge is 2.09. The monoisotopic (exact) mass is 261 g/mol. The van der Waals surface area contributed by atoms with Crippen molar-refractivity contribution in [2.75, 3.05) is 7.11 Å². The van der Waals surface area contributed by atoms with Crippen LogP contribution in [-0.2, 0) is 13.2 Å². The van der Waals surface area contributed by atoms with Crippen LogP contribution >= 0.6 is 0 Å². The fourth-order valence-electron chi connectivity index (χ4n) is 1.79. The van der Waals surface area contributed by atoms with E-state index in [0.717, 1.165) is 5.56 Å². The van der Waals surface area contributed by atoms with Crippen molar-refractivity contribution in [3.63, 3.8) is 0 Å². The molecule has 2 rings (SSSR count). The van der Waals surface area contributed by atoms with E-state index in [4.69, 9.17) is 15.2 Å². The fourth-order valence-corrected chi connectivity index (χ4v) is 1.79. The maximum atomic E-state index is 13.9. The number of nitrogens with two attached hydrogens (primary N) is 1. The average molecular weight is 261 g/mol. The Kier molecular flexibility index (Phi) is 4.36. The van der Waals surface area contributed by atoms with Crippen LogP contribution in [0.3, 0.4) is 0 Å². The minimum atomic E-state index is -0.393. The van der Waals surface area contributed by atoms with E-state index in [2.05, 4.69) is 0 Å². The number of halogens is 1. The number of benzene rings is 2. The van der Waals surface area contributed by atoms with Crippen molar-refractivity contribution in [3.05, 3.63) is 59.4 Å². The van der Waals surface area contributed by atoms with Gasteiger partial charge in [-0.25, -0.2) is 4.39 Å². The van der Waals surface area contributed by atoms with Crippen molar-refractivity contribution < 1.29 is 13.9 Å². The first-order chi connectivity index (χ1) is 9.26. The number of ether oxygens (including phenoxy) is 2. The molecule has 2 aromatic rings. The summed E-state index contributed by atoms with van der Waals surface area (Å²) in [5.41, 5.74) is 6.97. The van der Waals surface area contributed by atoms with Gasteiger partial charge >= 0.3 is 0 Å². The SMILES string of the molecule is COc1cccc(COc2ccccc2CN)c1F. The van der Waals surface area contributed by atoms with Crippen LogP contribution in [0.2, 0.25) is 0 Å². The Morgan fingerprint density at radius 2 is 1.68 bits per heavy atom. The zero-order valence-corrected chi connectivity index (χ0v) is 10.7. The Morgan fingerprint density at radius 3 is 2.42 bits per heavy atom. The fraction of sp³-hybridized carbons (Fsp3) is 0.200. The number of para-hydroxylation sites is 1. The second-order valence-corrected chi connectivity index (χ2v) is 4.03. The van der Waals surface area contributed by atoms with Crippen LogP contribution in [-0.4, -0.2) is 7.11 Å². The van der Waals surface area contributed by atoms with Gasteiger partial charge in [0.15, 0.2) is 11.6 Å². The highest BCUT2D eigenvalue weighted by Crippen LogP contribution is 2.23. The molecule has 0 aliphatic rings. The Bertz CT molecular complexity index is 558. The molecule has 0 aliphatic heterocycles. The number of rotatable bonds is 5. The predicted molar refractivity (Wildman–Crippen MR) is 71.6 cm³/mol. The summed E-state index contributed by atoms with van der Waals surface area (Å²) < 4.78 is 24.5. The molecular weight excluding hydrogens is 245 g/mol. The number of hydrogen-bond acceptors (Lipinski definition) is 3. The third-order valence-electron chi connectivity index (χ3n) is 2.84. The molecule has 2 N–H and O–H groups in total. The van der Waals surface area contributed by atoms with Crippen LogP contribution in [0.1, 0.15) is 11.1 Å². The van der Waals surface area contributed by atoms with Gasteiger partial charge in [0.05, 0.1) is 7.11 Å². The molecule has 0 radical (unpaired) electrons. The lowest BCUT2D eigenvalue weighted by Gasteiger charge is -2.11. The van der Waals surface area contributed by atoms with Crippen molar-refractivity contribution >= 4 is 0 Å². The van der Waals surface area contributed by atoms with Crippen molar-refractivity contribution in [1.29, 1.82) is 0 Å². The molecule has 2 aromatic carbocycles. The summed E-state index contributed by atoms with van der Waals surface area (Å²) in [6.45, 7) is 0.525. The molecule has 0 fully saturated rings.